The first-order valence-electron chi connectivity index (χ1n) is 10.5. The summed E-state index contributed by atoms with van der Waals surface area (Å²) in [6, 6.07) is 0. The third kappa shape index (κ3) is 6.99. The predicted molar refractivity (Wildman–Crippen MR) is 101 cm³/mol. The van der Waals surface area contributed by atoms with Crippen LogP contribution in [0, 0.1) is 23.7 Å². The number of ether oxygens (including phenoxy) is 1. The molecule has 0 bridgehead atoms. The minimum Gasteiger partial charge on any atom is -0.381 e. The van der Waals surface area contributed by atoms with Gasteiger partial charge in [0.05, 0.1) is 6.61 Å². The van der Waals surface area contributed by atoms with E-state index < -0.39 is 0 Å². The number of hydrogen-bond acceptors (Lipinski definition) is 1. The molecule has 2 saturated carbocycles. The summed E-state index contributed by atoms with van der Waals surface area (Å²) in [5, 5.41) is 0. The van der Waals surface area contributed by atoms with Gasteiger partial charge in [0.1, 0.15) is 0 Å². The van der Waals surface area contributed by atoms with Crippen molar-refractivity contribution in [3.8, 4) is 0 Å². The molecule has 0 aromatic rings. The molecule has 2 aliphatic rings. The molecule has 0 saturated heterocycles. The Morgan fingerprint density at radius 1 is 0.870 bits per heavy atom. The Morgan fingerprint density at radius 2 is 1.48 bits per heavy atom. The molecule has 0 aromatic carbocycles. The van der Waals surface area contributed by atoms with Crippen LogP contribution >= 0.6 is 0 Å². The number of hydrogen-bond donors (Lipinski definition) is 0. The molecule has 0 unspecified atom stereocenters. The van der Waals surface area contributed by atoms with E-state index >= 15 is 0 Å². The van der Waals surface area contributed by atoms with Crippen molar-refractivity contribution in [3.63, 3.8) is 0 Å². The fourth-order valence-corrected chi connectivity index (χ4v) is 4.87. The Morgan fingerprint density at radius 3 is 2.04 bits per heavy atom. The molecule has 0 atom stereocenters. The van der Waals surface area contributed by atoms with E-state index in [1.165, 1.54) is 77.0 Å². The fraction of sp³-hybridized carbons (Fsp3) is 0.909. The lowest BCUT2D eigenvalue weighted by Crippen LogP contribution is -2.27. The molecular weight excluding hydrogens is 280 g/mol. The smallest absolute Gasteiger partial charge is 0.0500 e. The third-order valence-electron chi connectivity index (χ3n) is 6.49. The van der Waals surface area contributed by atoms with Crippen LogP contribution in [0.3, 0.4) is 0 Å². The summed E-state index contributed by atoms with van der Waals surface area (Å²) < 4.78 is 5.78. The van der Waals surface area contributed by atoms with Gasteiger partial charge in [-0.25, -0.2) is 0 Å². The average Bonchev–Trinajstić information content (AvgIpc) is 2.60. The van der Waals surface area contributed by atoms with Crippen LogP contribution in [0.15, 0.2) is 12.7 Å². The Labute approximate surface area is 145 Å². The number of rotatable bonds is 10. The van der Waals surface area contributed by atoms with Crippen molar-refractivity contribution < 1.29 is 4.74 Å². The monoisotopic (exact) mass is 320 g/mol. The van der Waals surface area contributed by atoms with Gasteiger partial charge in [0.2, 0.25) is 0 Å². The normalized spacial score (nSPS) is 31.9. The van der Waals surface area contributed by atoms with Crippen molar-refractivity contribution >= 4 is 0 Å². The van der Waals surface area contributed by atoms with Crippen molar-refractivity contribution in [1.82, 2.24) is 0 Å². The summed E-state index contributed by atoms with van der Waals surface area (Å²) in [5.41, 5.74) is 0. The summed E-state index contributed by atoms with van der Waals surface area (Å²) >= 11 is 0. The summed E-state index contributed by atoms with van der Waals surface area (Å²) in [6.45, 7) is 7.93. The van der Waals surface area contributed by atoms with E-state index in [2.05, 4.69) is 13.5 Å². The Balaban J connectivity index is 1.56. The van der Waals surface area contributed by atoms with Crippen molar-refractivity contribution in [2.75, 3.05) is 13.2 Å². The molecule has 134 valence electrons. The zero-order valence-corrected chi connectivity index (χ0v) is 15.6. The molecule has 1 nitrogen and oxygen atoms in total. The van der Waals surface area contributed by atoms with Gasteiger partial charge in [-0.15, -0.1) is 6.58 Å². The van der Waals surface area contributed by atoms with Gasteiger partial charge in [0, 0.05) is 6.61 Å². The predicted octanol–water partition coefficient (Wildman–Crippen LogP) is 6.77. The van der Waals surface area contributed by atoms with Gasteiger partial charge in [-0.2, -0.15) is 0 Å². The van der Waals surface area contributed by atoms with E-state index in [0.29, 0.717) is 0 Å². The highest BCUT2D eigenvalue weighted by atomic mass is 16.5. The van der Waals surface area contributed by atoms with E-state index in [1.807, 2.05) is 6.08 Å². The summed E-state index contributed by atoms with van der Waals surface area (Å²) in [4.78, 5) is 0. The van der Waals surface area contributed by atoms with Gasteiger partial charge in [0.25, 0.3) is 0 Å². The molecule has 2 fully saturated rings. The molecule has 0 radical (unpaired) electrons. The van der Waals surface area contributed by atoms with Gasteiger partial charge >= 0.3 is 0 Å². The van der Waals surface area contributed by atoms with E-state index in [-0.39, 0.29) is 0 Å². The van der Waals surface area contributed by atoms with E-state index in [4.69, 9.17) is 4.74 Å². The topological polar surface area (TPSA) is 9.23 Å². The molecule has 0 heterocycles. The van der Waals surface area contributed by atoms with Crippen molar-refractivity contribution in [2.24, 2.45) is 23.7 Å². The first-order valence-corrected chi connectivity index (χ1v) is 10.5. The molecule has 0 aliphatic heterocycles. The zero-order chi connectivity index (χ0) is 16.3. The average molecular weight is 321 g/mol. The fourth-order valence-electron chi connectivity index (χ4n) is 4.87. The quantitative estimate of drug-likeness (QED) is 0.319. The lowest BCUT2D eigenvalue weighted by molar-refractivity contribution is 0.0667. The zero-order valence-electron chi connectivity index (χ0n) is 15.6. The van der Waals surface area contributed by atoms with Crippen LogP contribution in [0.25, 0.3) is 0 Å². The largest absolute Gasteiger partial charge is 0.381 e. The maximum atomic E-state index is 5.78. The third-order valence-corrected chi connectivity index (χ3v) is 6.49. The second kappa shape index (κ2) is 11.3. The minimum absolute atomic E-state index is 0.835. The number of unbranched alkanes of at least 4 members (excludes halogenated alkanes) is 2. The van der Waals surface area contributed by atoms with Gasteiger partial charge in [-0.3, -0.25) is 0 Å². The molecule has 0 amide bonds. The second-order valence-corrected chi connectivity index (χ2v) is 8.21. The molecule has 0 N–H and O–H groups in total. The first-order chi connectivity index (χ1) is 11.3. The van der Waals surface area contributed by atoms with Gasteiger partial charge < -0.3 is 4.74 Å². The van der Waals surface area contributed by atoms with Crippen LogP contribution in [0.4, 0.5) is 0 Å². The van der Waals surface area contributed by atoms with Crippen LogP contribution in [0.2, 0.25) is 0 Å². The van der Waals surface area contributed by atoms with Gasteiger partial charge in [0.15, 0.2) is 0 Å². The van der Waals surface area contributed by atoms with E-state index in [0.717, 1.165) is 43.3 Å². The maximum Gasteiger partial charge on any atom is 0.0500 e. The van der Waals surface area contributed by atoms with Crippen LogP contribution in [-0.2, 0) is 4.74 Å². The molecule has 1 heteroatoms. The molecule has 23 heavy (non-hydrogen) atoms. The minimum atomic E-state index is 0.835. The van der Waals surface area contributed by atoms with Crippen molar-refractivity contribution in [1.29, 1.82) is 0 Å². The highest BCUT2D eigenvalue weighted by molar-refractivity contribution is 4.82. The maximum absolute atomic E-state index is 5.78. The van der Waals surface area contributed by atoms with Crippen molar-refractivity contribution in [2.45, 2.75) is 90.4 Å². The molecule has 2 aliphatic carbocycles. The summed E-state index contributed by atoms with van der Waals surface area (Å²) in [7, 11) is 0. The first kappa shape index (κ1) is 19.0. The van der Waals surface area contributed by atoms with Crippen LogP contribution in [0.1, 0.15) is 90.4 Å². The van der Waals surface area contributed by atoms with Gasteiger partial charge in [-0.1, -0.05) is 51.5 Å². The summed E-state index contributed by atoms with van der Waals surface area (Å²) in [5.74, 6) is 3.99. The van der Waals surface area contributed by atoms with Crippen molar-refractivity contribution in [3.05, 3.63) is 12.7 Å². The second-order valence-electron chi connectivity index (χ2n) is 8.21. The standard InChI is InChI=1S/C22H40O/c1-3-5-7-8-19-9-13-21(14-10-19)22-15-11-20(12-16-22)18-23-17-6-4-2/h4,19-22H,2-3,5-18H2,1H3. The Bertz CT molecular complexity index is 295. The summed E-state index contributed by atoms with van der Waals surface area (Å²) in [6.07, 6.45) is 20.6. The highest BCUT2D eigenvalue weighted by Crippen LogP contribution is 2.42. The molecule has 0 aromatic heterocycles. The van der Waals surface area contributed by atoms with Gasteiger partial charge in [-0.05, 0) is 68.6 Å². The van der Waals surface area contributed by atoms with Crippen LogP contribution in [-0.4, -0.2) is 13.2 Å². The lowest BCUT2D eigenvalue weighted by atomic mass is 9.69. The molecule has 0 spiro atoms. The highest BCUT2D eigenvalue weighted by Gasteiger charge is 2.30. The SMILES string of the molecule is C=CCCOCC1CCC(C2CCC(CCCCC)CC2)CC1. The Hall–Kier alpha value is -0.300. The molecule has 2 rings (SSSR count). The Kier molecular flexibility index (Phi) is 9.34. The van der Waals surface area contributed by atoms with E-state index in [9.17, 15) is 0 Å². The molecular formula is C22H40O. The van der Waals surface area contributed by atoms with Crippen LogP contribution in [0.5, 0.6) is 0 Å². The van der Waals surface area contributed by atoms with Crippen LogP contribution < -0.4 is 0 Å². The van der Waals surface area contributed by atoms with E-state index in [1.54, 1.807) is 0 Å². The lowest BCUT2D eigenvalue weighted by Gasteiger charge is -2.38.